The number of hydrogen-bond acceptors (Lipinski definition) is 10. The molecule has 10 nitrogen and oxygen atoms in total. The monoisotopic (exact) mass is 424 g/mol. The van der Waals surface area contributed by atoms with Crippen LogP contribution < -0.4 is 37.3 Å². The fourth-order valence-electron chi connectivity index (χ4n) is 0.958. The number of hydrogen-bond donors (Lipinski definition) is 0. The summed E-state index contributed by atoms with van der Waals surface area (Å²) in [5, 5.41) is 0. The fraction of sp³-hybridized carbons (Fsp3) is 1.00. The van der Waals surface area contributed by atoms with Crippen LogP contribution in [0, 0.1) is 20.5 Å². The topological polar surface area (TPSA) is 219 Å². The van der Waals surface area contributed by atoms with Crippen molar-refractivity contribution >= 4 is 19.9 Å². The minimum Gasteiger partial charge on any atom is -0.222 e. The summed E-state index contributed by atoms with van der Waals surface area (Å²) in [6.07, 6.45) is 4.47. The van der Waals surface area contributed by atoms with Gasteiger partial charge in [0.25, 0.3) is 0 Å². The zero-order valence-electron chi connectivity index (χ0n) is 13.2. The first kappa shape index (κ1) is 28.4. The molecule has 0 amide bonds. The summed E-state index contributed by atoms with van der Waals surface area (Å²) >= 11 is 0. The molecule has 0 aliphatic heterocycles. The lowest BCUT2D eigenvalue weighted by Crippen LogP contribution is -2.68. The van der Waals surface area contributed by atoms with Crippen LogP contribution in [-0.2, 0) is 28.3 Å². The first-order chi connectivity index (χ1) is 9.83. The van der Waals surface area contributed by atoms with E-state index >= 15 is 0 Å². The molecule has 144 valence electrons. The van der Waals surface area contributed by atoms with Crippen LogP contribution in [-0.4, -0.2) is 35.5 Å². The molecule has 2 atom stereocenters. The highest BCUT2D eigenvalue weighted by molar-refractivity contribution is 8.03. The zero-order chi connectivity index (χ0) is 19.5. The van der Waals surface area contributed by atoms with Gasteiger partial charge in [0.1, 0.15) is 35.5 Å². The number of halogens is 2. The minimum atomic E-state index is -4.94. The van der Waals surface area contributed by atoms with Crippen LogP contribution in [0.4, 0.5) is 0 Å². The van der Waals surface area contributed by atoms with Crippen LogP contribution in [0.5, 0.6) is 0 Å². The van der Waals surface area contributed by atoms with Crippen molar-refractivity contribution in [2.24, 2.45) is 0 Å². The molecular formula is C9H22Cl2O10S2. The van der Waals surface area contributed by atoms with Gasteiger partial charge >= 0.3 is 0 Å². The second-order valence-electron chi connectivity index (χ2n) is 4.46. The van der Waals surface area contributed by atoms with Crippen LogP contribution in [0.15, 0.2) is 0 Å². The molecule has 23 heavy (non-hydrogen) atoms. The fourth-order valence-corrected chi connectivity index (χ4v) is 3.23. The molecule has 0 radical (unpaired) electrons. The van der Waals surface area contributed by atoms with Gasteiger partial charge in [0, 0.05) is 6.42 Å². The second-order valence-corrected chi connectivity index (χ2v) is 12.7. The van der Waals surface area contributed by atoms with E-state index in [1.807, 2.05) is 26.4 Å². The maximum Gasteiger partial charge on any atom is 0.116 e. The van der Waals surface area contributed by atoms with E-state index in [9.17, 15) is 8.42 Å². The molecule has 0 bridgehead atoms. The molecular weight excluding hydrogens is 403 g/mol. The maximum atomic E-state index is 11.6. The van der Waals surface area contributed by atoms with Gasteiger partial charge in [0.2, 0.25) is 0 Å². The molecule has 0 aromatic rings. The Morgan fingerprint density at radius 2 is 0.826 bits per heavy atom. The van der Waals surface area contributed by atoms with Gasteiger partial charge in [-0.15, -0.1) is 28.9 Å². The lowest BCUT2D eigenvalue weighted by Gasteiger charge is -2.17. The molecule has 0 heterocycles. The summed E-state index contributed by atoms with van der Waals surface area (Å²) in [4.78, 5) is 0. The van der Waals surface area contributed by atoms with Crippen molar-refractivity contribution in [3.63, 3.8) is 0 Å². The van der Waals surface area contributed by atoms with Crippen molar-refractivity contribution in [1.29, 1.82) is 0 Å². The van der Waals surface area contributed by atoms with E-state index in [0.29, 0.717) is 0 Å². The standard InChI is InChI=1S/C9H22O2S2.2ClHO4/c1-5-12(3,10)8-7-9-13(4,11)6-2;2*2-1(3,4)5/h5-9H2,1-4H3;2*(H,2,3,4,5)/q+2;;/p-2. The highest BCUT2D eigenvalue weighted by atomic mass is 35.7. The normalized spacial score (nSPS) is 16.9. The lowest BCUT2D eigenvalue weighted by atomic mass is 10.6. The van der Waals surface area contributed by atoms with Gasteiger partial charge in [0.05, 0.1) is 19.9 Å². The lowest BCUT2D eigenvalue weighted by molar-refractivity contribution is -2.00. The van der Waals surface area contributed by atoms with Crippen LogP contribution >= 0.6 is 0 Å². The van der Waals surface area contributed by atoms with Crippen molar-refractivity contribution in [2.75, 3.05) is 35.5 Å². The Bertz CT molecular complexity index is 345. The maximum absolute atomic E-state index is 11.6. The minimum absolute atomic E-state index is 0.730. The highest BCUT2D eigenvalue weighted by Crippen LogP contribution is 2.07. The third-order valence-electron chi connectivity index (χ3n) is 2.37. The quantitative estimate of drug-likeness (QED) is 0.366. The van der Waals surface area contributed by atoms with Crippen LogP contribution in [0.2, 0.25) is 0 Å². The summed E-state index contributed by atoms with van der Waals surface area (Å²) in [6, 6.07) is 0. The third kappa shape index (κ3) is 45.0. The molecule has 0 rings (SSSR count). The van der Waals surface area contributed by atoms with Gasteiger partial charge in [-0.05, 0) is 13.8 Å². The predicted molar refractivity (Wildman–Crippen MR) is 63.4 cm³/mol. The van der Waals surface area contributed by atoms with Gasteiger partial charge in [-0.2, -0.15) is 0 Å². The van der Waals surface area contributed by atoms with Crippen LogP contribution in [0.1, 0.15) is 20.3 Å². The summed E-state index contributed by atoms with van der Waals surface area (Å²) in [7, 11) is -13.1. The first-order valence-electron chi connectivity index (χ1n) is 5.95. The average Bonchev–Trinajstić information content (AvgIpc) is 2.24. The molecule has 0 aromatic carbocycles. The SMILES string of the molecule is CC[S+](C)(=O)CCC[S+](C)(=O)CC.[O-][Cl+3]([O-])([O-])[O-].[O-][Cl+3]([O-])([O-])[O-]. The van der Waals surface area contributed by atoms with Crippen LogP contribution in [0.25, 0.3) is 0 Å². The van der Waals surface area contributed by atoms with Gasteiger partial charge in [-0.25, -0.2) is 37.3 Å². The van der Waals surface area contributed by atoms with E-state index in [1.165, 1.54) is 0 Å². The Hall–Kier alpha value is 0.560. The van der Waals surface area contributed by atoms with Crippen molar-refractivity contribution in [1.82, 2.24) is 0 Å². The Morgan fingerprint density at radius 1 is 0.652 bits per heavy atom. The molecule has 0 aliphatic rings. The van der Waals surface area contributed by atoms with E-state index < -0.39 is 40.4 Å². The van der Waals surface area contributed by atoms with Crippen molar-refractivity contribution < 1.29 is 66.2 Å². The van der Waals surface area contributed by atoms with Crippen molar-refractivity contribution in [2.45, 2.75) is 20.3 Å². The highest BCUT2D eigenvalue weighted by Gasteiger charge is 2.22. The first-order valence-corrected chi connectivity index (χ1v) is 13.0. The molecule has 14 heteroatoms. The van der Waals surface area contributed by atoms with Crippen molar-refractivity contribution in [3.8, 4) is 0 Å². The summed E-state index contributed by atoms with van der Waals surface area (Å²) in [5.74, 6) is 2.94. The smallest absolute Gasteiger partial charge is 0.116 e. The predicted octanol–water partition coefficient (Wildman–Crippen LogP) is -7.84. The van der Waals surface area contributed by atoms with E-state index in [0.717, 1.165) is 29.4 Å². The van der Waals surface area contributed by atoms with E-state index in [-0.39, 0.29) is 0 Å². The van der Waals surface area contributed by atoms with Gasteiger partial charge < -0.3 is 0 Å². The van der Waals surface area contributed by atoms with Crippen molar-refractivity contribution in [3.05, 3.63) is 0 Å². The zero-order valence-corrected chi connectivity index (χ0v) is 16.3. The molecule has 0 N–H and O–H groups in total. The summed E-state index contributed by atoms with van der Waals surface area (Å²) in [5.41, 5.74) is 0. The molecule has 0 saturated carbocycles. The molecule has 0 fully saturated rings. The Morgan fingerprint density at radius 3 is 0.957 bits per heavy atom. The summed E-state index contributed by atoms with van der Waals surface area (Å²) in [6.45, 7) is 3.90. The van der Waals surface area contributed by atoms with E-state index in [1.54, 1.807) is 0 Å². The average molecular weight is 425 g/mol. The molecule has 0 aromatic heterocycles. The Balaban J connectivity index is -0.000000329. The molecule has 0 spiro atoms. The Labute approximate surface area is 142 Å². The largest absolute Gasteiger partial charge is 0.222 e. The Kier molecular flexibility index (Phi) is 14.8. The summed E-state index contributed by atoms with van der Waals surface area (Å²) < 4.78 is 91.2. The second kappa shape index (κ2) is 12.0. The van der Waals surface area contributed by atoms with E-state index in [4.69, 9.17) is 37.3 Å². The third-order valence-corrected chi connectivity index (χ3v) is 7.12. The molecule has 0 saturated heterocycles. The van der Waals surface area contributed by atoms with Gasteiger partial charge in [-0.3, -0.25) is 0 Å². The van der Waals surface area contributed by atoms with Gasteiger partial charge in [-0.1, -0.05) is 0 Å². The number of rotatable bonds is 6. The molecule has 0 aliphatic carbocycles. The van der Waals surface area contributed by atoms with Crippen LogP contribution in [0.3, 0.4) is 0 Å². The molecule has 2 unspecified atom stereocenters. The van der Waals surface area contributed by atoms with E-state index in [2.05, 4.69) is 0 Å². The van der Waals surface area contributed by atoms with Gasteiger partial charge in [0.15, 0.2) is 0 Å².